The van der Waals surface area contributed by atoms with Gasteiger partial charge in [-0.1, -0.05) is 24.3 Å². The second-order valence-corrected chi connectivity index (χ2v) is 7.58. The summed E-state index contributed by atoms with van der Waals surface area (Å²) in [5.74, 6) is 0.546. The minimum atomic E-state index is -0.0101. The first-order valence-electron chi connectivity index (χ1n) is 10.4. The van der Waals surface area contributed by atoms with Crippen molar-refractivity contribution in [3.8, 4) is 22.6 Å². The summed E-state index contributed by atoms with van der Waals surface area (Å²) in [6.07, 6.45) is 0.944. The number of nitrogens with zero attached hydrogens (tertiary/aromatic N) is 2. The maximum absolute atomic E-state index is 13.2. The fraction of sp³-hybridized carbons (Fsp3) is 0.280. The zero-order valence-electron chi connectivity index (χ0n) is 17.7. The Bertz CT molecular complexity index is 1210. The minimum absolute atomic E-state index is 0.0101. The van der Waals surface area contributed by atoms with E-state index in [-0.39, 0.29) is 5.43 Å². The number of hydrogen-bond acceptors (Lipinski definition) is 5. The van der Waals surface area contributed by atoms with Gasteiger partial charge in [0.15, 0.2) is 16.8 Å². The molecule has 0 spiro atoms. The highest BCUT2D eigenvalue weighted by atomic mass is 16.3. The van der Waals surface area contributed by atoms with Gasteiger partial charge in [0, 0.05) is 24.3 Å². The van der Waals surface area contributed by atoms with Crippen LogP contribution in [0.25, 0.3) is 33.7 Å². The summed E-state index contributed by atoms with van der Waals surface area (Å²) in [7, 11) is 0. The first kappa shape index (κ1) is 20.1. The molecule has 0 unspecified atom stereocenters. The molecule has 30 heavy (non-hydrogen) atoms. The second-order valence-electron chi connectivity index (χ2n) is 7.58. The van der Waals surface area contributed by atoms with E-state index in [9.17, 15) is 4.79 Å². The number of anilines is 1. The van der Waals surface area contributed by atoms with E-state index in [4.69, 9.17) is 15.1 Å². The topological polar surface area (TPSA) is 72.4 Å². The van der Waals surface area contributed by atoms with Crippen LogP contribution in [-0.2, 0) is 0 Å². The van der Waals surface area contributed by atoms with Gasteiger partial charge in [0.2, 0.25) is 0 Å². The van der Waals surface area contributed by atoms with Crippen molar-refractivity contribution in [3.05, 3.63) is 69.9 Å². The van der Waals surface area contributed by atoms with Crippen LogP contribution in [0.3, 0.4) is 0 Å². The monoisotopic (exact) mass is 401 g/mol. The van der Waals surface area contributed by atoms with Gasteiger partial charge in [-0.3, -0.25) is 4.79 Å². The minimum Gasteiger partial charge on any atom is -0.452 e. The van der Waals surface area contributed by atoms with E-state index in [1.165, 1.54) is 0 Å². The molecule has 2 aromatic carbocycles. The summed E-state index contributed by atoms with van der Waals surface area (Å²) in [6.45, 7) is 8.41. The molecule has 0 aromatic heterocycles. The van der Waals surface area contributed by atoms with Crippen molar-refractivity contribution >= 4 is 16.8 Å². The fourth-order valence-electron chi connectivity index (χ4n) is 3.88. The van der Waals surface area contributed by atoms with Gasteiger partial charge < -0.3 is 15.1 Å². The van der Waals surface area contributed by atoms with Gasteiger partial charge in [-0.2, -0.15) is 0 Å². The average Bonchev–Trinajstić information content (AvgIpc) is 2.78. The zero-order valence-corrected chi connectivity index (χ0v) is 17.7. The van der Waals surface area contributed by atoms with Crippen LogP contribution >= 0.6 is 0 Å². The summed E-state index contributed by atoms with van der Waals surface area (Å²) < 4.78 is 6.21. The van der Waals surface area contributed by atoms with E-state index in [2.05, 4.69) is 24.0 Å². The van der Waals surface area contributed by atoms with E-state index >= 15 is 0 Å². The molecule has 0 saturated carbocycles. The molecule has 0 bridgehead atoms. The van der Waals surface area contributed by atoms with Crippen molar-refractivity contribution in [1.29, 1.82) is 0 Å². The number of aromatic nitrogens is 1. The van der Waals surface area contributed by atoms with Gasteiger partial charge in [-0.05, 0) is 69.1 Å². The number of nitrogens with two attached hydrogens (primary N) is 1. The Morgan fingerprint density at radius 1 is 1.03 bits per heavy atom. The van der Waals surface area contributed by atoms with Crippen molar-refractivity contribution in [1.82, 2.24) is 4.98 Å². The molecule has 2 aromatic rings. The molecule has 0 fully saturated rings. The number of benzene rings is 3. The van der Waals surface area contributed by atoms with Crippen molar-refractivity contribution in [3.63, 3.8) is 0 Å². The smallest absolute Gasteiger partial charge is 0.193 e. The lowest BCUT2D eigenvalue weighted by Crippen LogP contribution is -2.25. The Balaban J connectivity index is 1.88. The lowest BCUT2D eigenvalue weighted by Gasteiger charge is -2.23. The second kappa shape index (κ2) is 8.28. The number of hydrogen-bond donors (Lipinski definition) is 1. The Hall–Kier alpha value is -3.18. The standard InChI is InChI=1S/C25H27N3O2/c1-4-28(15-7-14-26)19-12-10-18(11-13-19)22-24(29)17(3)16(2)23-25(22)30-21-9-6-5-8-20(21)27-23/h5-6,8-13H,4,7,14-15,26H2,1-3H3. The van der Waals surface area contributed by atoms with Crippen LogP contribution < -0.4 is 16.1 Å². The SMILES string of the molecule is CCN(CCCN)c1ccc(-c2c3oc4ccccc4nc-3c(C)c(C)c2=O)cc1. The lowest BCUT2D eigenvalue weighted by atomic mass is 9.93. The number of para-hydroxylation sites is 2. The highest BCUT2D eigenvalue weighted by Crippen LogP contribution is 2.36. The predicted octanol–water partition coefficient (Wildman–Crippen LogP) is 4.75. The molecule has 0 saturated heterocycles. The molecule has 0 amide bonds. The van der Waals surface area contributed by atoms with Gasteiger partial charge in [0.1, 0.15) is 11.2 Å². The molecule has 4 rings (SSSR count). The van der Waals surface area contributed by atoms with E-state index in [0.717, 1.165) is 47.5 Å². The summed E-state index contributed by atoms with van der Waals surface area (Å²) >= 11 is 0. The van der Waals surface area contributed by atoms with E-state index in [1.807, 2.05) is 50.2 Å². The van der Waals surface area contributed by atoms with Crippen molar-refractivity contribution < 1.29 is 4.42 Å². The largest absolute Gasteiger partial charge is 0.452 e. The van der Waals surface area contributed by atoms with Gasteiger partial charge >= 0.3 is 0 Å². The van der Waals surface area contributed by atoms with Gasteiger partial charge in [-0.25, -0.2) is 4.98 Å². The van der Waals surface area contributed by atoms with Crippen LogP contribution in [0.5, 0.6) is 0 Å². The highest BCUT2D eigenvalue weighted by molar-refractivity contribution is 5.86. The van der Waals surface area contributed by atoms with Crippen LogP contribution in [0.15, 0.2) is 57.7 Å². The summed E-state index contributed by atoms with van der Waals surface area (Å²) in [5.41, 5.74) is 12.0. The third kappa shape index (κ3) is 3.46. The molecular weight excluding hydrogens is 374 g/mol. The molecular formula is C25H27N3O2. The third-order valence-corrected chi connectivity index (χ3v) is 5.77. The maximum Gasteiger partial charge on any atom is 0.193 e. The Labute approximate surface area is 176 Å². The van der Waals surface area contributed by atoms with Crippen LogP contribution in [0.1, 0.15) is 24.5 Å². The Morgan fingerprint density at radius 3 is 2.47 bits per heavy atom. The summed E-state index contributed by atoms with van der Waals surface area (Å²) in [4.78, 5) is 20.3. The Morgan fingerprint density at radius 2 is 1.77 bits per heavy atom. The highest BCUT2D eigenvalue weighted by Gasteiger charge is 2.23. The van der Waals surface area contributed by atoms with Gasteiger partial charge in [0.25, 0.3) is 0 Å². The van der Waals surface area contributed by atoms with E-state index < -0.39 is 0 Å². The Kier molecular flexibility index (Phi) is 5.55. The molecule has 2 N–H and O–H groups in total. The molecule has 5 nitrogen and oxygen atoms in total. The average molecular weight is 402 g/mol. The van der Waals surface area contributed by atoms with E-state index in [0.29, 0.717) is 29.0 Å². The summed E-state index contributed by atoms with van der Waals surface area (Å²) in [6, 6.07) is 15.8. The summed E-state index contributed by atoms with van der Waals surface area (Å²) in [5, 5.41) is 0. The van der Waals surface area contributed by atoms with Gasteiger partial charge in [0.05, 0.1) is 5.56 Å². The fourth-order valence-corrected chi connectivity index (χ4v) is 3.88. The maximum atomic E-state index is 13.2. The van der Waals surface area contributed by atoms with Gasteiger partial charge in [-0.15, -0.1) is 0 Å². The normalized spacial score (nSPS) is 11.3. The molecule has 154 valence electrons. The first-order valence-corrected chi connectivity index (χ1v) is 10.4. The molecule has 5 heteroatoms. The van der Waals surface area contributed by atoms with Crippen LogP contribution in [0.2, 0.25) is 0 Å². The zero-order chi connectivity index (χ0) is 21.3. The third-order valence-electron chi connectivity index (χ3n) is 5.77. The molecule has 0 radical (unpaired) electrons. The van der Waals surface area contributed by atoms with Crippen LogP contribution in [0, 0.1) is 13.8 Å². The number of rotatable bonds is 6. The van der Waals surface area contributed by atoms with Crippen LogP contribution in [-0.4, -0.2) is 24.6 Å². The van der Waals surface area contributed by atoms with Crippen molar-refractivity contribution in [2.75, 3.05) is 24.5 Å². The molecule has 1 aliphatic heterocycles. The molecule has 2 aliphatic rings. The number of fused-ring (bicyclic) bond motifs is 2. The first-order chi connectivity index (χ1) is 14.5. The molecule has 0 atom stereocenters. The molecule has 1 heterocycles. The lowest BCUT2D eigenvalue weighted by molar-refractivity contribution is 0.613. The van der Waals surface area contributed by atoms with E-state index in [1.54, 1.807) is 0 Å². The van der Waals surface area contributed by atoms with Crippen molar-refractivity contribution in [2.24, 2.45) is 5.73 Å². The quantitative estimate of drug-likeness (QED) is 0.472. The molecule has 1 aliphatic carbocycles. The van der Waals surface area contributed by atoms with Crippen molar-refractivity contribution in [2.45, 2.75) is 27.2 Å². The predicted molar refractivity (Wildman–Crippen MR) is 123 cm³/mol. The van der Waals surface area contributed by atoms with Crippen LogP contribution in [0.4, 0.5) is 5.69 Å².